The highest BCUT2D eigenvalue weighted by molar-refractivity contribution is 7.92. The van der Waals surface area contributed by atoms with Gasteiger partial charge in [-0.1, -0.05) is 41.4 Å². The second-order valence-electron chi connectivity index (χ2n) is 7.37. The average Bonchev–Trinajstić information content (AvgIpc) is 2.80. The van der Waals surface area contributed by atoms with Crippen LogP contribution in [-0.2, 0) is 10.0 Å². The van der Waals surface area contributed by atoms with E-state index in [4.69, 9.17) is 23.2 Å². The van der Waals surface area contributed by atoms with Crippen LogP contribution in [0.4, 0.5) is 11.4 Å². The molecule has 0 radical (unpaired) electrons. The minimum absolute atomic E-state index is 0.0213. The average molecular weight is 490 g/mol. The molecular weight excluding hydrogens is 469 g/mol. The molecule has 1 amide bonds. The highest BCUT2D eigenvalue weighted by Crippen LogP contribution is 2.26. The molecule has 0 spiro atoms. The summed E-state index contributed by atoms with van der Waals surface area (Å²) in [6.45, 7) is 2.32. The maximum atomic E-state index is 13.0. The molecule has 9 heteroatoms. The quantitative estimate of drug-likeness (QED) is 0.560. The zero-order chi connectivity index (χ0) is 22.7. The van der Waals surface area contributed by atoms with Crippen LogP contribution < -0.4 is 9.62 Å². The lowest BCUT2D eigenvalue weighted by molar-refractivity contribution is 0.0746. The monoisotopic (exact) mass is 489 g/mol. The lowest BCUT2D eigenvalue weighted by Crippen LogP contribution is -2.48. The number of amides is 1. The molecule has 1 heterocycles. The topological polar surface area (TPSA) is 69.7 Å². The van der Waals surface area contributed by atoms with Crippen molar-refractivity contribution in [1.82, 2.24) is 4.90 Å². The van der Waals surface area contributed by atoms with Crippen molar-refractivity contribution in [2.75, 3.05) is 35.8 Å². The highest BCUT2D eigenvalue weighted by atomic mass is 35.5. The summed E-state index contributed by atoms with van der Waals surface area (Å²) in [4.78, 5) is 16.9. The Morgan fingerprint density at radius 1 is 0.844 bits per heavy atom. The highest BCUT2D eigenvalue weighted by Gasteiger charge is 2.24. The van der Waals surface area contributed by atoms with Crippen LogP contribution in [0.1, 0.15) is 10.4 Å². The summed E-state index contributed by atoms with van der Waals surface area (Å²) in [5.41, 5.74) is 1.67. The van der Waals surface area contributed by atoms with Crippen LogP contribution >= 0.6 is 23.2 Å². The van der Waals surface area contributed by atoms with Crippen molar-refractivity contribution < 1.29 is 13.2 Å². The number of piperazine rings is 1. The van der Waals surface area contributed by atoms with Crippen molar-refractivity contribution in [2.45, 2.75) is 4.90 Å². The van der Waals surface area contributed by atoms with E-state index in [9.17, 15) is 13.2 Å². The Labute approximate surface area is 197 Å². The number of hydrogen-bond donors (Lipinski definition) is 1. The molecule has 1 saturated heterocycles. The first-order valence-corrected chi connectivity index (χ1v) is 12.2. The van der Waals surface area contributed by atoms with Crippen LogP contribution in [0, 0.1) is 0 Å². The second kappa shape index (κ2) is 9.40. The van der Waals surface area contributed by atoms with Gasteiger partial charge in [0, 0.05) is 42.5 Å². The predicted molar refractivity (Wildman–Crippen MR) is 128 cm³/mol. The van der Waals surface area contributed by atoms with Gasteiger partial charge in [-0.3, -0.25) is 9.52 Å². The molecular formula is C23H21Cl2N3O3S. The zero-order valence-electron chi connectivity index (χ0n) is 17.0. The molecule has 1 N–H and O–H groups in total. The Kier molecular flexibility index (Phi) is 6.60. The van der Waals surface area contributed by atoms with E-state index >= 15 is 0 Å². The smallest absolute Gasteiger partial charge is 0.261 e. The molecule has 4 rings (SSSR count). The fourth-order valence-corrected chi connectivity index (χ4v) is 5.05. The molecule has 1 aliphatic heterocycles. The van der Waals surface area contributed by atoms with Crippen LogP contribution in [0.3, 0.4) is 0 Å². The number of hydrogen-bond acceptors (Lipinski definition) is 4. The number of para-hydroxylation sites is 1. The molecule has 1 aliphatic rings. The van der Waals surface area contributed by atoms with Crippen molar-refractivity contribution >= 4 is 50.5 Å². The molecule has 0 unspecified atom stereocenters. The van der Waals surface area contributed by atoms with E-state index in [0.29, 0.717) is 47.5 Å². The number of sulfonamides is 1. The lowest BCUT2D eigenvalue weighted by atomic mass is 10.1. The molecule has 0 saturated carbocycles. The second-order valence-corrected chi connectivity index (χ2v) is 9.90. The third-order valence-corrected chi connectivity index (χ3v) is 7.20. The van der Waals surface area contributed by atoms with Gasteiger partial charge in [0.25, 0.3) is 15.9 Å². The normalized spacial score (nSPS) is 14.3. The standard InChI is InChI=1S/C23H21Cl2N3O3S/c24-18-8-10-19(11-9-18)26-32(30,31)20-5-3-4-17(16-20)23(29)28-14-12-27(13-15-28)22-7-2-1-6-21(22)25/h1-11,16,26H,12-15H2. The number of rotatable bonds is 5. The molecule has 0 bridgehead atoms. The Morgan fingerprint density at radius 3 is 2.22 bits per heavy atom. The van der Waals surface area contributed by atoms with Gasteiger partial charge in [-0.15, -0.1) is 0 Å². The molecule has 0 atom stereocenters. The third-order valence-electron chi connectivity index (χ3n) is 5.25. The molecule has 166 valence electrons. The number of anilines is 2. The van der Waals surface area contributed by atoms with Gasteiger partial charge < -0.3 is 9.80 Å². The maximum absolute atomic E-state index is 13.0. The van der Waals surface area contributed by atoms with Crippen LogP contribution in [0.2, 0.25) is 10.0 Å². The van der Waals surface area contributed by atoms with E-state index in [0.717, 1.165) is 5.69 Å². The maximum Gasteiger partial charge on any atom is 0.261 e. The summed E-state index contributed by atoms with van der Waals surface area (Å²) in [7, 11) is -3.85. The van der Waals surface area contributed by atoms with E-state index in [1.54, 1.807) is 41.3 Å². The molecule has 1 fully saturated rings. The van der Waals surface area contributed by atoms with Crippen LogP contribution in [0.5, 0.6) is 0 Å². The molecule has 0 aromatic heterocycles. The van der Waals surface area contributed by atoms with Gasteiger partial charge in [0.2, 0.25) is 0 Å². The van der Waals surface area contributed by atoms with Gasteiger partial charge in [0.1, 0.15) is 0 Å². The first kappa shape index (κ1) is 22.5. The van der Waals surface area contributed by atoms with E-state index < -0.39 is 10.0 Å². The Balaban J connectivity index is 1.45. The molecule has 32 heavy (non-hydrogen) atoms. The van der Waals surface area contributed by atoms with E-state index in [-0.39, 0.29) is 10.8 Å². The number of benzene rings is 3. The van der Waals surface area contributed by atoms with Gasteiger partial charge in [0.05, 0.1) is 15.6 Å². The van der Waals surface area contributed by atoms with Crippen LogP contribution in [0.25, 0.3) is 0 Å². The van der Waals surface area contributed by atoms with Crippen LogP contribution in [0.15, 0.2) is 77.7 Å². The molecule has 0 aliphatic carbocycles. The van der Waals surface area contributed by atoms with Crippen molar-refractivity contribution in [3.8, 4) is 0 Å². The Bertz CT molecular complexity index is 1230. The summed E-state index contributed by atoms with van der Waals surface area (Å²) in [6.07, 6.45) is 0. The first-order chi connectivity index (χ1) is 15.3. The van der Waals surface area contributed by atoms with E-state index in [1.165, 1.54) is 12.1 Å². The number of nitrogens with zero attached hydrogens (tertiary/aromatic N) is 2. The number of carbonyl (C=O) groups excluding carboxylic acids is 1. The Hall–Kier alpha value is -2.74. The largest absolute Gasteiger partial charge is 0.367 e. The summed E-state index contributed by atoms with van der Waals surface area (Å²) in [5, 5.41) is 1.19. The minimum Gasteiger partial charge on any atom is -0.367 e. The number of nitrogens with one attached hydrogen (secondary N) is 1. The van der Waals surface area contributed by atoms with E-state index in [2.05, 4.69) is 9.62 Å². The van der Waals surface area contributed by atoms with Gasteiger partial charge in [-0.2, -0.15) is 0 Å². The third kappa shape index (κ3) is 5.01. The van der Waals surface area contributed by atoms with Gasteiger partial charge >= 0.3 is 0 Å². The summed E-state index contributed by atoms with van der Waals surface area (Å²) < 4.78 is 28.1. The summed E-state index contributed by atoms with van der Waals surface area (Å²) in [6, 6.07) is 20.0. The fourth-order valence-electron chi connectivity index (χ4n) is 3.57. The van der Waals surface area contributed by atoms with Crippen LogP contribution in [-0.4, -0.2) is 45.4 Å². The van der Waals surface area contributed by atoms with Crippen molar-refractivity contribution in [1.29, 1.82) is 0 Å². The molecule has 3 aromatic carbocycles. The zero-order valence-corrected chi connectivity index (χ0v) is 19.4. The van der Waals surface area contributed by atoms with Crippen molar-refractivity contribution in [3.63, 3.8) is 0 Å². The summed E-state index contributed by atoms with van der Waals surface area (Å²) in [5.74, 6) is -0.202. The number of halogens is 2. The Morgan fingerprint density at radius 2 is 1.53 bits per heavy atom. The predicted octanol–water partition coefficient (Wildman–Crippen LogP) is 4.76. The fraction of sp³-hybridized carbons (Fsp3) is 0.174. The lowest BCUT2D eigenvalue weighted by Gasteiger charge is -2.36. The van der Waals surface area contributed by atoms with Gasteiger partial charge in [-0.25, -0.2) is 8.42 Å². The van der Waals surface area contributed by atoms with Gasteiger partial charge in [0.15, 0.2) is 0 Å². The van der Waals surface area contributed by atoms with Crippen molar-refractivity contribution in [2.24, 2.45) is 0 Å². The summed E-state index contributed by atoms with van der Waals surface area (Å²) >= 11 is 12.1. The minimum atomic E-state index is -3.85. The number of carbonyl (C=O) groups is 1. The van der Waals surface area contributed by atoms with Crippen molar-refractivity contribution in [3.05, 3.63) is 88.4 Å². The SMILES string of the molecule is O=C(c1cccc(S(=O)(=O)Nc2ccc(Cl)cc2)c1)N1CCN(c2ccccc2Cl)CC1. The molecule has 6 nitrogen and oxygen atoms in total. The van der Waals surface area contributed by atoms with Gasteiger partial charge in [-0.05, 0) is 54.6 Å². The molecule has 3 aromatic rings. The van der Waals surface area contributed by atoms with E-state index in [1.807, 2.05) is 24.3 Å². The first-order valence-electron chi connectivity index (χ1n) is 10.0.